The predicted octanol–water partition coefficient (Wildman–Crippen LogP) is 2.87. The van der Waals surface area contributed by atoms with Gasteiger partial charge in [-0.1, -0.05) is 48.5 Å². The maximum Gasteiger partial charge on any atom is 0.320 e. The van der Waals surface area contributed by atoms with E-state index in [0.717, 1.165) is 0 Å². The van der Waals surface area contributed by atoms with Crippen LogP contribution in [-0.4, -0.2) is 30.5 Å². The molecule has 0 bridgehead atoms. The Labute approximate surface area is 107 Å². The summed E-state index contributed by atoms with van der Waals surface area (Å²) in [6.07, 6.45) is 6.31. The molecular weight excluding hydrogens is 270 g/mol. The average molecular weight is 294 g/mol. The average Bonchev–Trinajstić information content (AvgIpc) is 2.30. The molecule has 0 aromatic carbocycles. The monoisotopic (exact) mass is 293 g/mol. The Kier molecular flexibility index (Phi) is 10.0. The number of unbranched alkanes of at least 4 members (excludes halogenated alkanes) is 3. The maximum absolute atomic E-state index is 11.1. The normalized spacial score (nSPS) is 14.5. The third-order valence-electron chi connectivity index (χ3n) is 2.59. The molecule has 2 unspecified atom stereocenters. The highest BCUT2D eigenvalue weighted by atomic mass is 79.9. The second kappa shape index (κ2) is 10.1. The second-order valence-electron chi connectivity index (χ2n) is 4.15. The molecule has 96 valence electrons. The Hall–Kier alpha value is -0.0900. The van der Waals surface area contributed by atoms with Gasteiger partial charge in [0.25, 0.3) is 0 Å². The van der Waals surface area contributed by atoms with Crippen molar-refractivity contribution in [2.24, 2.45) is 0 Å². The van der Waals surface area contributed by atoms with Gasteiger partial charge in [-0.05, 0) is 13.3 Å². The Balaban J connectivity index is 3.49. The smallest absolute Gasteiger partial charge is 0.320 e. The first-order valence-corrected chi connectivity index (χ1v) is 6.98. The summed E-state index contributed by atoms with van der Waals surface area (Å²) in [4.78, 5) is 10.9. The van der Waals surface area contributed by atoms with Gasteiger partial charge in [-0.3, -0.25) is 4.79 Å². The van der Waals surface area contributed by atoms with Crippen LogP contribution >= 0.6 is 15.9 Å². The largest absolute Gasteiger partial charge is 0.468 e. The summed E-state index contributed by atoms with van der Waals surface area (Å²) < 4.78 is 4.63. The number of rotatable bonds is 9. The minimum atomic E-state index is -0.240. The molecule has 0 aliphatic heterocycles. The number of ether oxygens (including phenoxy) is 1. The molecule has 0 heterocycles. The van der Waals surface area contributed by atoms with Gasteiger partial charge in [-0.25, -0.2) is 0 Å². The number of methoxy groups -OCH3 is 1. The summed E-state index contributed by atoms with van der Waals surface area (Å²) >= 11 is 3.29. The van der Waals surface area contributed by atoms with E-state index >= 15 is 0 Å². The fraction of sp³-hybridized carbons (Fsp3) is 0.917. The van der Waals surface area contributed by atoms with Gasteiger partial charge in [0.1, 0.15) is 4.83 Å². The van der Waals surface area contributed by atoms with Gasteiger partial charge < -0.3 is 10.1 Å². The highest BCUT2D eigenvalue weighted by Gasteiger charge is 2.15. The Morgan fingerprint density at radius 2 is 2.06 bits per heavy atom. The van der Waals surface area contributed by atoms with Gasteiger partial charge in [-0.15, -0.1) is 0 Å². The summed E-state index contributed by atoms with van der Waals surface area (Å²) in [6.45, 7) is 5.00. The lowest BCUT2D eigenvalue weighted by Crippen LogP contribution is -2.35. The van der Waals surface area contributed by atoms with Crippen molar-refractivity contribution in [3.8, 4) is 0 Å². The highest BCUT2D eigenvalue weighted by Crippen LogP contribution is 2.06. The van der Waals surface area contributed by atoms with Crippen LogP contribution in [0.5, 0.6) is 0 Å². The van der Waals surface area contributed by atoms with E-state index in [0.29, 0.717) is 12.6 Å². The molecule has 0 aromatic rings. The van der Waals surface area contributed by atoms with E-state index in [2.05, 4.69) is 39.8 Å². The third-order valence-corrected chi connectivity index (χ3v) is 3.29. The van der Waals surface area contributed by atoms with Crippen molar-refractivity contribution in [2.75, 3.05) is 13.7 Å². The van der Waals surface area contributed by atoms with Crippen LogP contribution in [0.15, 0.2) is 0 Å². The van der Waals surface area contributed by atoms with E-state index < -0.39 is 0 Å². The van der Waals surface area contributed by atoms with Gasteiger partial charge in [0.15, 0.2) is 0 Å². The molecule has 3 nitrogen and oxygen atoms in total. The van der Waals surface area contributed by atoms with Crippen LogP contribution in [0.2, 0.25) is 0 Å². The molecule has 0 aromatic heterocycles. The topological polar surface area (TPSA) is 38.3 Å². The van der Waals surface area contributed by atoms with Crippen molar-refractivity contribution in [1.82, 2.24) is 5.32 Å². The van der Waals surface area contributed by atoms with Crippen LogP contribution in [-0.2, 0) is 9.53 Å². The van der Waals surface area contributed by atoms with Crippen molar-refractivity contribution < 1.29 is 9.53 Å². The quantitative estimate of drug-likeness (QED) is 0.404. The molecule has 0 rings (SSSR count). The van der Waals surface area contributed by atoms with E-state index in [9.17, 15) is 4.79 Å². The van der Waals surface area contributed by atoms with Crippen molar-refractivity contribution in [3.63, 3.8) is 0 Å². The van der Waals surface area contributed by atoms with Crippen LogP contribution in [0.3, 0.4) is 0 Å². The first kappa shape index (κ1) is 15.9. The zero-order valence-electron chi connectivity index (χ0n) is 10.6. The number of alkyl halides is 1. The fourth-order valence-corrected chi connectivity index (χ4v) is 1.87. The van der Waals surface area contributed by atoms with E-state index in [1.807, 2.05) is 0 Å². The molecule has 0 aliphatic carbocycles. The number of carbonyl (C=O) groups is 1. The van der Waals surface area contributed by atoms with Crippen LogP contribution in [0.1, 0.15) is 46.0 Å². The third kappa shape index (κ3) is 8.11. The zero-order chi connectivity index (χ0) is 12.4. The molecule has 2 atom stereocenters. The Bertz CT molecular complexity index is 188. The van der Waals surface area contributed by atoms with Crippen LogP contribution < -0.4 is 5.32 Å². The van der Waals surface area contributed by atoms with E-state index in [1.165, 1.54) is 39.2 Å². The SMILES string of the molecule is CCCCCCC(C)NCC(Br)C(=O)OC. The molecule has 16 heavy (non-hydrogen) atoms. The molecule has 0 saturated carbocycles. The molecule has 0 amide bonds. The van der Waals surface area contributed by atoms with Crippen molar-refractivity contribution in [1.29, 1.82) is 0 Å². The van der Waals surface area contributed by atoms with Gasteiger partial charge in [0.2, 0.25) is 0 Å². The number of halogens is 1. The molecule has 0 radical (unpaired) electrons. The number of hydrogen-bond acceptors (Lipinski definition) is 3. The number of nitrogens with one attached hydrogen (secondary N) is 1. The van der Waals surface area contributed by atoms with Gasteiger partial charge in [0.05, 0.1) is 7.11 Å². The zero-order valence-corrected chi connectivity index (χ0v) is 12.2. The van der Waals surface area contributed by atoms with Crippen molar-refractivity contribution >= 4 is 21.9 Å². The van der Waals surface area contributed by atoms with Gasteiger partial charge in [0, 0.05) is 12.6 Å². The summed E-state index contributed by atoms with van der Waals surface area (Å²) in [5.41, 5.74) is 0. The van der Waals surface area contributed by atoms with Crippen LogP contribution in [0.25, 0.3) is 0 Å². The van der Waals surface area contributed by atoms with E-state index in [-0.39, 0.29) is 10.8 Å². The molecule has 0 saturated heterocycles. The molecule has 4 heteroatoms. The second-order valence-corrected chi connectivity index (χ2v) is 5.25. The Morgan fingerprint density at radius 3 is 2.62 bits per heavy atom. The molecular formula is C12H24BrNO2. The van der Waals surface area contributed by atoms with Crippen molar-refractivity contribution in [3.05, 3.63) is 0 Å². The Morgan fingerprint density at radius 1 is 1.38 bits per heavy atom. The molecule has 1 N–H and O–H groups in total. The van der Waals surface area contributed by atoms with Gasteiger partial charge in [-0.2, -0.15) is 0 Å². The maximum atomic E-state index is 11.1. The summed E-state index contributed by atoms with van der Waals surface area (Å²) in [6, 6.07) is 0.460. The molecule has 0 aliphatic rings. The lowest BCUT2D eigenvalue weighted by Gasteiger charge is -2.15. The molecule has 0 spiro atoms. The first-order chi connectivity index (χ1) is 7.61. The summed E-state index contributed by atoms with van der Waals surface area (Å²) in [5, 5.41) is 3.33. The minimum absolute atomic E-state index is 0.217. The summed E-state index contributed by atoms with van der Waals surface area (Å²) in [7, 11) is 1.41. The number of carbonyl (C=O) groups excluding carboxylic acids is 1. The van der Waals surface area contributed by atoms with Crippen LogP contribution in [0, 0.1) is 0 Å². The highest BCUT2D eigenvalue weighted by molar-refractivity contribution is 9.10. The number of esters is 1. The minimum Gasteiger partial charge on any atom is -0.468 e. The van der Waals surface area contributed by atoms with Gasteiger partial charge >= 0.3 is 5.97 Å². The number of hydrogen-bond donors (Lipinski definition) is 1. The lowest BCUT2D eigenvalue weighted by molar-refractivity contribution is -0.139. The predicted molar refractivity (Wildman–Crippen MR) is 71.0 cm³/mol. The summed E-state index contributed by atoms with van der Waals surface area (Å²) in [5.74, 6) is -0.217. The first-order valence-electron chi connectivity index (χ1n) is 6.07. The standard InChI is InChI=1S/C12H24BrNO2/c1-4-5-6-7-8-10(2)14-9-11(13)12(15)16-3/h10-11,14H,4-9H2,1-3H3. The van der Waals surface area contributed by atoms with Crippen LogP contribution in [0.4, 0.5) is 0 Å². The van der Waals surface area contributed by atoms with Crippen molar-refractivity contribution in [2.45, 2.75) is 56.8 Å². The van der Waals surface area contributed by atoms with E-state index in [1.54, 1.807) is 0 Å². The lowest BCUT2D eigenvalue weighted by atomic mass is 10.1. The molecule has 0 fully saturated rings. The van der Waals surface area contributed by atoms with E-state index in [4.69, 9.17) is 0 Å². The fourth-order valence-electron chi connectivity index (χ4n) is 1.50.